The van der Waals surface area contributed by atoms with E-state index in [9.17, 15) is 13.2 Å². The maximum atomic E-state index is 11.4. The van der Waals surface area contributed by atoms with Crippen LogP contribution in [0.2, 0.25) is 0 Å². The molecule has 0 saturated heterocycles. The molecule has 0 bridgehead atoms. The van der Waals surface area contributed by atoms with Gasteiger partial charge in [0.15, 0.2) is 9.84 Å². The highest BCUT2D eigenvalue weighted by Gasteiger charge is 2.09. The standard InChI is InChI=1S/C11H9N3O3S/c1-18(16,17)7-2-6-3-9-10(14-11(15)13-9)4-8(6)12-5-7/h2-5H,1H3,(H2,13,14,15). The minimum atomic E-state index is -3.28. The summed E-state index contributed by atoms with van der Waals surface area (Å²) in [6.07, 6.45) is 2.45. The van der Waals surface area contributed by atoms with E-state index in [-0.39, 0.29) is 10.6 Å². The molecule has 0 atom stereocenters. The summed E-state index contributed by atoms with van der Waals surface area (Å²) in [5, 5.41) is 0.667. The molecule has 6 nitrogen and oxygen atoms in total. The van der Waals surface area contributed by atoms with E-state index in [0.29, 0.717) is 21.9 Å². The van der Waals surface area contributed by atoms with Gasteiger partial charge in [-0.3, -0.25) is 4.98 Å². The van der Waals surface area contributed by atoms with Crippen molar-refractivity contribution in [1.29, 1.82) is 0 Å². The van der Waals surface area contributed by atoms with Crippen molar-refractivity contribution in [2.45, 2.75) is 4.90 Å². The summed E-state index contributed by atoms with van der Waals surface area (Å²) in [6, 6.07) is 4.95. The van der Waals surface area contributed by atoms with Gasteiger partial charge in [0, 0.05) is 17.8 Å². The molecule has 0 aliphatic carbocycles. The van der Waals surface area contributed by atoms with Crippen LogP contribution in [0.1, 0.15) is 0 Å². The summed E-state index contributed by atoms with van der Waals surface area (Å²) in [7, 11) is -3.28. The molecule has 0 fully saturated rings. The molecule has 0 spiro atoms. The fourth-order valence-corrected chi connectivity index (χ4v) is 2.43. The number of aromatic nitrogens is 3. The van der Waals surface area contributed by atoms with Gasteiger partial charge in [-0.15, -0.1) is 0 Å². The number of aromatic amines is 2. The lowest BCUT2D eigenvalue weighted by atomic mass is 10.2. The molecule has 7 heteroatoms. The molecule has 2 N–H and O–H groups in total. The first-order valence-corrected chi connectivity index (χ1v) is 7.04. The molecule has 3 aromatic rings. The molecular weight excluding hydrogens is 254 g/mol. The molecule has 92 valence electrons. The normalized spacial score (nSPS) is 12.3. The summed E-state index contributed by atoms with van der Waals surface area (Å²) in [5.74, 6) is 0. The lowest BCUT2D eigenvalue weighted by molar-refractivity contribution is 0.601. The zero-order valence-electron chi connectivity index (χ0n) is 9.39. The third-order valence-electron chi connectivity index (χ3n) is 2.72. The van der Waals surface area contributed by atoms with Crippen molar-refractivity contribution < 1.29 is 8.42 Å². The van der Waals surface area contributed by atoms with Gasteiger partial charge >= 0.3 is 5.69 Å². The second kappa shape index (κ2) is 3.42. The van der Waals surface area contributed by atoms with Gasteiger partial charge in [-0.2, -0.15) is 0 Å². The Morgan fingerprint density at radius 2 is 1.78 bits per heavy atom. The van der Waals surface area contributed by atoms with Gasteiger partial charge in [0.05, 0.1) is 21.4 Å². The SMILES string of the molecule is CS(=O)(=O)c1cnc2cc3[nH]c(=O)[nH]c3cc2c1. The lowest BCUT2D eigenvalue weighted by Gasteiger charge is -2.01. The number of nitrogens with zero attached hydrogens (tertiary/aromatic N) is 1. The zero-order chi connectivity index (χ0) is 12.9. The fraction of sp³-hybridized carbons (Fsp3) is 0.0909. The average molecular weight is 263 g/mol. The van der Waals surface area contributed by atoms with Crippen LogP contribution in [0.4, 0.5) is 0 Å². The number of H-pyrrole nitrogens is 2. The third kappa shape index (κ3) is 1.68. The summed E-state index contributed by atoms with van der Waals surface area (Å²) in [4.78, 5) is 20.7. The van der Waals surface area contributed by atoms with E-state index in [1.165, 1.54) is 6.20 Å². The summed E-state index contributed by atoms with van der Waals surface area (Å²) >= 11 is 0. The maximum Gasteiger partial charge on any atom is 0.323 e. The number of nitrogens with one attached hydrogen (secondary N) is 2. The Hall–Kier alpha value is -2.15. The Morgan fingerprint density at radius 3 is 2.44 bits per heavy atom. The molecule has 0 amide bonds. The van der Waals surface area contributed by atoms with Crippen molar-refractivity contribution in [2.24, 2.45) is 0 Å². The Balaban J connectivity index is 2.40. The number of benzene rings is 1. The van der Waals surface area contributed by atoms with Crippen LogP contribution in [0.25, 0.3) is 21.9 Å². The molecule has 2 heterocycles. The number of sulfone groups is 1. The molecule has 0 unspecified atom stereocenters. The Bertz CT molecular complexity index is 922. The van der Waals surface area contributed by atoms with Gasteiger partial charge in [-0.05, 0) is 18.2 Å². The lowest BCUT2D eigenvalue weighted by Crippen LogP contribution is -1.99. The van der Waals surface area contributed by atoms with Crippen molar-refractivity contribution in [2.75, 3.05) is 6.26 Å². The molecule has 18 heavy (non-hydrogen) atoms. The second-order valence-electron chi connectivity index (χ2n) is 4.11. The van der Waals surface area contributed by atoms with Crippen LogP contribution in [0.5, 0.6) is 0 Å². The molecule has 0 radical (unpaired) electrons. The number of imidazole rings is 1. The minimum Gasteiger partial charge on any atom is -0.306 e. The first kappa shape index (κ1) is 11.0. The monoisotopic (exact) mass is 263 g/mol. The predicted octanol–water partition coefficient (Wildman–Crippen LogP) is 0.808. The van der Waals surface area contributed by atoms with Crippen molar-refractivity contribution in [3.63, 3.8) is 0 Å². The molecule has 3 rings (SSSR count). The minimum absolute atomic E-state index is 0.159. The van der Waals surface area contributed by atoms with Crippen molar-refractivity contribution in [3.05, 3.63) is 34.9 Å². The topological polar surface area (TPSA) is 95.7 Å². The molecular formula is C11H9N3O3S. The largest absolute Gasteiger partial charge is 0.323 e. The summed E-state index contributed by atoms with van der Waals surface area (Å²) in [5.41, 5.74) is 1.60. The van der Waals surface area contributed by atoms with Gasteiger partial charge in [-0.25, -0.2) is 13.2 Å². The number of fused-ring (bicyclic) bond motifs is 2. The number of hydrogen-bond donors (Lipinski definition) is 2. The highest BCUT2D eigenvalue weighted by atomic mass is 32.2. The van der Waals surface area contributed by atoms with Gasteiger partial charge in [0.1, 0.15) is 0 Å². The van der Waals surface area contributed by atoms with E-state index in [2.05, 4.69) is 15.0 Å². The van der Waals surface area contributed by atoms with Gasteiger partial charge < -0.3 is 9.97 Å². The highest BCUT2D eigenvalue weighted by molar-refractivity contribution is 7.90. The fourth-order valence-electron chi connectivity index (χ4n) is 1.84. The molecule has 0 saturated carbocycles. The Morgan fingerprint density at radius 1 is 1.11 bits per heavy atom. The maximum absolute atomic E-state index is 11.4. The average Bonchev–Trinajstić information content (AvgIpc) is 2.62. The van der Waals surface area contributed by atoms with Crippen molar-refractivity contribution in [1.82, 2.24) is 15.0 Å². The number of rotatable bonds is 1. The van der Waals surface area contributed by atoms with E-state index in [1.54, 1.807) is 18.2 Å². The van der Waals surface area contributed by atoms with Crippen molar-refractivity contribution >= 4 is 31.8 Å². The van der Waals surface area contributed by atoms with Crippen LogP contribution in [0.15, 0.2) is 34.1 Å². The van der Waals surface area contributed by atoms with Crippen LogP contribution in [0, 0.1) is 0 Å². The van der Waals surface area contributed by atoms with E-state index in [0.717, 1.165) is 6.26 Å². The van der Waals surface area contributed by atoms with Crippen molar-refractivity contribution in [3.8, 4) is 0 Å². The first-order valence-electron chi connectivity index (χ1n) is 5.15. The van der Waals surface area contributed by atoms with Crippen LogP contribution >= 0.6 is 0 Å². The van der Waals surface area contributed by atoms with Crippen LogP contribution in [0.3, 0.4) is 0 Å². The quantitative estimate of drug-likeness (QED) is 0.679. The predicted molar refractivity (Wildman–Crippen MR) is 67.3 cm³/mol. The Labute approximate surface area is 102 Å². The number of pyridine rings is 1. The van der Waals surface area contributed by atoms with Gasteiger partial charge in [0.25, 0.3) is 0 Å². The van der Waals surface area contributed by atoms with Crippen LogP contribution in [-0.4, -0.2) is 29.6 Å². The molecule has 2 aromatic heterocycles. The summed E-state index contributed by atoms with van der Waals surface area (Å²) < 4.78 is 22.9. The van der Waals surface area contributed by atoms with Crippen LogP contribution < -0.4 is 5.69 Å². The first-order chi connectivity index (χ1) is 8.43. The van der Waals surface area contributed by atoms with E-state index in [1.807, 2.05) is 0 Å². The Kier molecular flexibility index (Phi) is 2.09. The van der Waals surface area contributed by atoms with E-state index >= 15 is 0 Å². The molecule has 0 aliphatic heterocycles. The molecule has 0 aliphatic rings. The van der Waals surface area contributed by atoms with Gasteiger partial charge in [0.2, 0.25) is 0 Å². The smallest absolute Gasteiger partial charge is 0.306 e. The zero-order valence-corrected chi connectivity index (χ0v) is 10.2. The third-order valence-corrected chi connectivity index (χ3v) is 3.80. The van der Waals surface area contributed by atoms with E-state index in [4.69, 9.17) is 0 Å². The van der Waals surface area contributed by atoms with E-state index < -0.39 is 9.84 Å². The highest BCUT2D eigenvalue weighted by Crippen LogP contribution is 2.20. The van der Waals surface area contributed by atoms with Gasteiger partial charge in [-0.1, -0.05) is 0 Å². The molecule has 1 aromatic carbocycles. The second-order valence-corrected chi connectivity index (χ2v) is 6.13. The number of hydrogen-bond acceptors (Lipinski definition) is 4. The van der Waals surface area contributed by atoms with Crippen LogP contribution in [-0.2, 0) is 9.84 Å². The summed E-state index contributed by atoms with van der Waals surface area (Å²) in [6.45, 7) is 0.